The van der Waals surface area contributed by atoms with Gasteiger partial charge in [0.05, 0.1) is 5.39 Å². The minimum Gasteiger partial charge on any atom is -0.283 e. The first-order valence-corrected chi connectivity index (χ1v) is 9.35. The van der Waals surface area contributed by atoms with Gasteiger partial charge in [0.1, 0.15) is 4.83 Å². The molecule has 0 amide bonds. The minimum atomic E-state index is 0.111. The maximum Gasteiger partial charge on any atom is 0.263 e. The lowest BCUT2D eigenvalue weighted by atomic mass is 10.2. The topological polar surface area (TPSA) is 34.9 Å². The van der Waals surface area contributed by atoms with Crippen LogP contribution in [-0.4, -0.2) is 15.3 Å². The third-order valence-electron chi connectivity index (χ3n) is 3.37. The van der Waals surface area contributed by atoms with E-state index in [0.717, 1.165) is 34.0 Å². The van der Waals surface area contributed by atoms with Crippen LogP contribution in [0.4, 0.5) is 0 Å². The Hall–Kier alpha value is -1.07. The molecule has 5 heteroatoms. The molecule has 3 nitrogen and oxygen atoms in total. The smallest absolute Gasteiger partial charge is 0.263 e. The second-order valence-corrected chi connectivity index (χ2v) is 6.88. The maximum atomic E-state index is 12.7. The molecule has 0 unspecified atom stereocenters. The molecule has 0 aromatic carbocycles. The summed E-state index contributed by atoms with van der Waals surface area (Å²) < 4.78 is 1.76. The Labute approximate surface area is 134 Å². The Balaban J connectivity index is 0.000000774. The predicted molar refractivity (Wildman–Crippen MR) is 93.8 cm³/mol. The van der Waals surface area contributed by atoms with Gasteiger partial charge < -0.3 is 0 Å². The van der Waals surface area contributed by atoms with Crippen molar-refractivity contribution in [2.24, 2.45) is 0 Å². The van der Waals surface area contributed by atoms with E-state index >= 15 is 0 Å². The van der Waals surface area contributed by atoms with Crippen LogP contribution in [-0.2, 0) is 19.4 Å². The van der Waals surface area contributed by atoms with Crippen molar-refractivity contribution in [1.29, 1.82) is 0 Å². The molecule has 0 saturated carbocycles. The molecular weight excluding hydrogens is 300 g/mol. The Kier molecular flexibility index (Phi) is 5.65. The number of aromatic nitrogens is 2. The molecule has 0 saturated heterocycles. The molecule has 0 atom stereocenters. The summed E-state index contributed by atoms with van der Waals surface area (Å²) in [5.74, 6) is 0.917. The van der Waals surface area contributed by atoms with E-state index < -0.39 is 0 Å². The molecule has 2 aromatic rings. The fourth-order valence-electron chi connectivity index (χ4n) is 2.59. The van der Waals surface area contributed by atoms with Crippen LogP contribution in [0.5, 0.6) is 0 Å². The van der Waals surface area contributed by atoms with E-state index in [0.29, 0.717) is 6.54 Å². The van der Waals surface area contributed by atoms with Crippen LogP contribution < -0.4 is 5.56 Å². The van der Waals surface area contributed by atoms with E-state index in [2.05, 4.69) is 13.5 Å². The molecule has 114 valence electrons. The zero-order valence-corrected chi connectivity index (χ0v) is 14.6. The number of fused-ring (bicyclic) bond motifs is 3. The number of hydrogen-bond donors (Lipinski definition) is 0. The summed E-state index contributed by atoms with van der Waals surface area (Å²) in [5, 5.41) is 1.68. The normalized spacial score (nSPS) is 12.9. The maximum absolute atomic E-state index is 12.7. The van der Waals surface area contributed by atoms with Crippen LogP contribution in [0.3, 0.4) is 0 Å². The van der Waals surface area contributed by atoms with Crippen molar-refractivity contribution in [3.8, 4) is 0 Å². The highest BCUT2D eigenvalue weighted by Gasteiger charge is 2.22. The van der Waals surface area contributed by atoms with Crippen LogP contribution in [0.1, 0.15) is 37.6 Å². The van der Waals surface area contributed by atoms with Crippen LogP contribution in [0.15, 0.2) is 22.6 Å². The van der Waals surface area contributed by atoms with Gasteiger partial charge in [0, 0.05) is 11.4 Å². The summed E-state index contributed by atoms with van der Waals surface area (Å²) >= 11 is 3.33. The molecule has 0 fully saturated rings. The van der Waals surface area contributed by atoms with Crippen molar-refractivity contribution in [3.05, 3.63) is 33.4 Å². The van der Waals surface area contributed by atoms with Gasteiger partial charge in [0.2, 0.25) is 0 Å². The zero-order chi connectivity index (χ0) is 15.4. The Morgan fingerprint density at radius 1 is 1.43 bits per heavy atom. The molecule has 1 aliphatic rings. The third kappa shape index (κ3) is 2.94. The Morgan fingerprint density at radius 3 is 2.86 bits per heavy atom. The molecule has 2 aromatic heterocycles. The molecule has 0 radical (unpaired) electrons. The fourth-order valence-corrected chi connectivity index (χ4v) is 4.62. The second kappa shape index (κ2) is 7.27. The average Bonchev–Trinajstić information content (AvgIpc) is 3.05. The molecule has 0 aliphatic heterocycles. The number of hydrogen-bond acceptors (Lipinski definition) is 4. The van der Waals surface area contributed by atoms with Gasteiger partial charge in [0.25, 0.3) is 5.56 Å². The molecule has 0 N–H and O–H groups in total. The summed E-state index contributed by atoms with van der Waals surface area (Å²) in [5.41, 5.74) is 1.36. The standard InChI is InChI=1S/C14H16N2OS2.C2H6/c1-3-8-16-13(17)11-9-6-5-7-10(9)19-12(11)15-14(16)18-4-2;1-2/h3H,1,4-8H2,2H3;1-2H3. The number of thioether (sulfide) groups is 1. The average molecular weight is 322 g/mol. The van der Waals surface area contributed by atoms with Gasteiger partial charge in [-0.15, -0.1) is 17.9 Å². The SMILES string of the molecule is C=CCn1c(SCC)nc2sc3c(c2c1=O)CCC3.CC. The van der Waals surface area contributed by atoms with Crippen LogP contribution in [0.25, 0.3) is 10.2 Å². The molecule has 1 aliphatic carbocycles. The highest BCUT2D eigenvalue weighted by Crippen LogP contribution is 2.35. The second-order valence-electron chi connectivity index (χ2n) is 4.57. The van der Waals surface area contributed by atoms with Gasteiger partial charge in [-0.05, 0) is 30.6 Å². The minimum absolute atomic E-state index is 0.111. The van der Waals surface area contributed by atoms with Crippen molar-refractivity contribution in [2.75, 3.05) is 5.75 Å². The van der Waals surface area contributed by atoms with Crippen molar-refractivity contribution >= 4 is 33.3 Å². The lowest BCUT2D eigenvalue weighted by Crippen LogP contribution is -2.22. The van der Waals surface area contributed by atoms with Crippen LogP contribution >= 0.6 is 23.1 Å². The summed E-state index contributed by atoms with van der Waals surface area (Å²) in [4.78, 5) is 19.7. The zero-order valence-electron chi connectivity index (χ0n) is 12.9. The molecule has 2 heterocycles. The Bertz CT molecular complexity index is 700. The van der Waals surface area contributed by atoms with E-state index in [9.17, 15) is 4.79 Å². The summed E-state index contributed by atoms with van der Waals surface area (Å²) in [6, 6.07) is 0. The third-order valence-corrected chi connectivity index (χ3v) is 5.42. The van der Waals surface area contributed by atoms with E-state index in [4.69, 9.17) is 4.98 Å². The van der Waals surface area contributed by atoms with E-state index in [1.807, 2.05) is 13.8 Å². The fraction of sp³-hybridized carbons (Fsp3) is 0.500. The number of thiophene rings is 1. The molecule has 3 rings (SSSR count). The van der Waals surface area contributed by atoms with Gasteiger partial charge in [-0.2, -0.15) is 0 Å². The lowest BCUT2D eigenvalue weighted by molar-refractivity contribution is 0.672. The molecule has 0 bridgehead atoms. The largest absolute Gasteiger partial charge is 0.283 e. The monoisotopic (exact) mass is 322 g/mol. The van der Waals surface area contributed by atoms with E-state index in [-0.39, 0.29) is 5.56 Å². The summed E-state index contributed by atoms with van der Waals surface area (Å²) in [7, 11) is 0. The molecular formula is C16H22N2OS2. The quantitative estimate of drug-likeness (QED) is 0.479. The highest BCUT2D eigenvalue weighted by atomic mass is 32.2. The van der Waals surface area contributed by atoms with Crippen molar-refractivity contribution in [1.82, 2.24) is 9.55 Å². The number of nitrogens with zero attached hydrogens (tertiary/aromatic N) is 2. The highest BCUT2D eigenvalue weighted by molar-refractivity contribution is 7.99. The van der Waals surface area contributed by atoms with E-state index in [1.165, 1.54) is 16.9 Å². The van der Waals surface area contributed by atoms with Crippen molar-refractivity contribution < 1.29 is 0 Å². The van der Waals surface area contributed by atoms with Gasteiger partial charge in [-0.3, -0.25) is 9.36 Å². The summed E-state index contributed by atoms with van der Waals surface area (Å²) in [6.45, 7) is 10.4. The molecule has 21 heavy (non-hydrogen) atoms. The first-order chi connectivity index (χ1) is 10.3. The molecule has 0 spiro atoms. The van der Waals surface area contributed by atoms with Crippen molar-refractivity contribution in [2.45, 2.75) is 51.7 Å². The summed E-state index contributed by atoms with van der Waals surface area (Å²) in [6.07, 6.45) is 5.07. The number of rotatable bonds is 4. The predicted octanol–water partition coefficient (Wildman–Crippen LogP) is 4.27. The van der Waals surface area contributed by atoms with E-state index in [1.54, 1.807) is 33.7 Å². The van der Waals surface area contributed by atoms with Crippen LogP contribution in [0, 0.1) is 0 Å². The Morgan fingerprint density at radius 2 is 2.19 bits per heavy atom. The van der Waals surface area contributed by atoms with Gasteiger partial charge in [-0.1, -0.05) is 38.6 Å². The van der Waals surface area contributed by atoms with Gasteiger partial charge >= 0.3 is 0 Å². The first kappa shape index (κ1) is 16.3. The number of aryl methyl sites for hydroxylation is 2. The number of allylic oxidation sites excluding steroid dienone is 1. The van der Waals surface area contributed by atoms with Gasteiger partial charge in [-0.25, -0.2) is 4.98 Å². The van der Waals surface area contributed by atoms with Gasteiger partial charge in [0.15, 0.2) is 5.16 Å². The lowest BCUT2D eigenvalue weighted by Gasteiger charge is -2.09. The first-order valence-electron chi connectivity index (χ1n) is 7.55. The van der Waals surface area contributed by atoms with Crippen molar-refractivity contribution in [3.63, 3.8) is 0 Å². The van der Waals surface area contributed by atoms with Crippen LogP contribution in [0.2, 0.25) is 0 Å².